The van der Waals surface area contributed by atoms with Gasteiger partial charge in [-0.15, -0.1) is 23.7 Å². The van der Waals surface area contributed by atoms with E-state index < -0.39 is 0 Å². The van der Waals surface area contributed by atoms with Crippen molar-refractivity contribution in [2.45, 2.75) is 31.7 Å². The maximum absolute atomic E-state index is 12.8. The number of hydrogen-bond acceptors (Lipinski definition) is 5. The molecule has 3 rings (SSSR count). The van der Waals surface area contributed by atoms with Crippen LogP contribution in [0.2, 0.25) is 0 Å². The maximum Gasteiger partial charge on any atom is 0.273 e. The monoisotopic (exact) mass is 381 g/mol. The Kier molecular flexibility index (Phi) is 7.23. The molecular formula is C18H24ClN3O2S. The van der Waals surface area contributed by atoms with Crippen LogP contribution in [0, 0.1) is 0 Å². The smallest absolute Gasteiger partial charge is 0.273 e. The fraction of sp³-hybridized carbons (Fsp3) is 0.444. The van der Waals surface area contributed by atoms with Crippen molar-refractivity contribution in [3.05, 3.63) is 45.9 Å². The Morgan fingerprint density at radius 3 is 3.00 bits per heavy atom. The molecule has 1 amide bonds. The molecule has 2 aromatic rings. The molecule has 0 spiro atoms. The first kappa shape index (κ1) is 19.7. The Labute approximate surface area is 158 Å². The van der Waals surface area contributed by atoms with E-state index in [1.54, 1.807) is 7.11 Å². The van der Waals surface area contributed by atoms with E-state index in [-0.39, 0.29) is 24.4 Å². The highest BCUT2D eigenvalue weighted by Crippen LogP contribution is 2.27. The number of likely N-dealkylation sites (tertiary alicyclic amines) is 1. The normalized spacial score (nSPS) is 16.6. The van der Waals surface area contributed by atoms with Gasteiger partial charge in [0, 0.05) is 24.4 Å². The molecule has 1 aromatic carbocycles. The number of rotatable bonds is 6. The molecule has 0 radical (unpaired) electrons. The number of hydrogen-bond donors (Lipinski definition) is 1. The Balaban J connectivity index is 0.00000225. The largest absolute Gasteiger partial charge is 0.496 e. The van der Waals surface area contributed by atoms with Gasteiger partial charge in [-0.05, 0) is 37.4 Å². The first-order valence-electron chi connectivity index (χ1n) is 8.30. The lowest BCUT2D eigenvalue weighted by molar-refractivity contribution is 0.0730. The molecule has 1 saturated heterocycles. The molecule has 0 aliphatic carbocycles. The number of methoxy groups -OCH3 is 1. The van der Waals surface area contributed by atoms with E-state index in [2.05, 4.69) is 11.1 Å². The lowest BCUT2D eigenvalue weighted by Gasteiger charge is -2.24. The minimum absolute atomic E-state index is 0. The van der Waals surface area contributed by atoms with Crippen molar-refractivity contribution in [2.24, 2.45) is 5.73 Å². The van der Waals surface area contributed by atoms with Gasteiger partial charge in [-0.1, -0.05) is 18.2 Å². The molecule has 2 N–H and O–H groups in total. The van der Waals surface area contributed by atoms with Crippen molar-refractivity contribution < 1.29 is 9.53 Å². The van der Waals surface area contributed by atoms with Crippen LogP contribution in [0.1, 0.15) is 33.9 Å². The van der Waals surface area contributed by atoms with Gasteiger partial charge in [0.05, 0.1) is 12.1 Å². The van der Waals surface area contributed by atoms with Gasteiger partial charge in [-0.25, -0.2) is 4.98 Å². The molecule has 1 aromatic heterocycles. The van der Waals surface area contributed by atoms with Crippen molar-refractivity contribution in [3.8, 4) is 5.75 Å². The molecule has 5 nitrogen and oxygen atoms in total. The SMILES string of the molecule is COc1ccccc1CC1CCCN1C(=O)c1csc(CCN)n1.Cl. The predicted octanol–water partition coefficient (Wildman–Crippen LogP) is 2.92. The lowest BCUT2D eigenvalue weighted by atomic mass is 10.0. The third kappa shape index (κ3) is 4.51. The third-order valence-corrected chi connectivity index (χ3v) is 5.32. The molecule has 1 fully saturated rings. The van der Waals surface area contributed by atoms with Crippen LogP contribution in [-0.4, -0.2) is 42.0 Å². The minimum Gasteiger partial charge on any atom is -0.496 e. The summed E-state index contributed by atoms with van der Waals surface area (Å²) in [6, 6.07) is 8.22. The Bertz CT molecular complexity index is 707. The predicted molar refractivity (Wildman–Crippen MR) is 103 cm³/mol. The number of benzene rings is 1. The van der Waals surface area contributed by atoms with E-state index in [9.17, 15) is 4.79 Å². The Morgan fingerprint density at radius 1 is 1.44 bits per heavy atom. The number of aromatic nitrogens is 1. The van der Waals surface area contributed by atoms with Crippen molar-refractivity contribution in [3.63, 3.8) is 0 Å². The minimum atomic E-state index is 0. The fourth-order valence-electron chi connectivity index (χ4n) is 3.24. The quantitative estimate of drug-likeness (QED) is 0.835. The second-order valence-corrected chi connectivity index (χ2v) is 6.92. The molecule has 25 heavy (non-hydrogen) atoms. The van der Waals surface area contributed by atoms with E-state index in [1.807, 2.05) is 28.5 Å². The van der Waals surface area contributed by atoms with Gasteiger partial charge >= 0.3 is 0 Å². The molecule has 2 heterocycles. The summed E-state index contributed by atoms with van der Waals surface area (Å²) < 4.78 is 5.44. The summed E-state index contributed by atoms with van der Waals surface area (Å²) >= 11 is 1.51. The zero-order valence-electron chi connectivity index (χ0n) is 14.3. The number of halogens is 1. The molecule has 0 bridgehead atoms. The molecule has 7 heteroatoms. The highest BCUT2D eigenvalue weighted by molar-refractivity contribution is 7.09. The Morgan fingerprint density at radius 2 is 2.24 bits per heavy atom. The highest BCUT2D eigenvalue weighted by atomic mass is 35.5. The molecule has 0 saturated carbocycles. The third-order valence-electron chi connectivity index (χ3n) is 4.42. The van der Waals surface area contributed by atoms with Gasteiger partial charge in [0.2, 0.25) is 0 Å². The number of ether oxygens (including phenoxy) is 1. The summed E-state index contributed by atoms with van der Waals surface area (Å²) in [6.45, 7) is 1.35. The van der Waals surface area contributed by atoms with Gasteiger partial charge in [0.15, 0.2) is 0 Å². The maximum atomic E-state index is 12.8. The summed E-state index contributed by atoms with van der Waals surface area (Å²) in [4.78, 5) is 19.2. The topological polar surface area (TPSA) is 68.5 Å². The summed E-state index contributed by atoms with van der Waals surface area (Å²) in [7, 11) is 1.69. The second kappa shape index (κ2) is 9.17. The molecule has 1 aliphatic rings. The fourth-order valence-corrected chi connectivity index (χ4v) is 4.02. The number of nitrogens with two attached hydrogens (primary N) is 1. The van der Waals surface area contributed by atoms with Crippen LogP contribution < -0.4 is 10.5 Å². The summed E-state index contributed by atoms with van der Waals surface area (Å²) in [5, 5.41) is 2.78. The van der Waals surface area contributed by atoms with Gasteiger partial charge in [-0.2, -0.15) is 0 Å². The molecule has 136 valence electrons. The van der Waals surface area contributed by atoms with E-state index in [0.29, 0.717) is 12.2 Å². The molecular weight excluding hydrogens is 358 g/mol. The van der Waals surface area contributed by atoms with Crippen molar-refractivity contribution in [1.82, 2.24) is 9.88 Å². The van der Waals surface area contributed by atoms with E-state index in [4.69, 9.17) is 10.5 Å². The average Bonchev–Trinajstić information content (AvgIpc) is 3.25. The number of thiazole rings is 1. The number of amides is 1. The molecule has 1 unspecified atom stereocenters. The van der Waals surface area contributed by atoms with Crippen molar-refractivity contribution in [1.29, 1.82) is 0 Å². The van der Waals surface area contributed by atoms with E-state index in [1.165, 1.54) is 11.3 Å². The van der Waals surface area contributed by atoms with Crippen LogP contribution in [0.3, 0.4) is 0 Å². The zero-order chi connectivity index (χ0) is 16.9. The van der Waals surface area contributed by atoms with Crippen LogP contribution >= 0.6 is 23.7 Å². The van der Waals surface area contributed by atoms with E-state index >= 15 is 0 Å². The Hall–Kier alpha value is -1.63. The summed E-state index contributed by atoms with van der Waals surface area (Å²) in [6.07, 6.45) is 3.59. The van der Waals surface area contributed by atoms with Gasteiger partial charge < -0.3 is 15.4 Å². The zero-order valence-corrected chi connectivity index (χ0v) is 15.9. The number of nitrogens with zero attached hydrogens (tertiary/aromatic N) is 2. The highest BCUT2D eigenvalue weighted by Gasteiger charge is 2.31. The van der Waals surface area contributed by atoms with Crippen molar-refractivity contribution >= 4 is 29.7 Å². The van der Waals surface area contributed by atoms with Crippen LogP contribution in [-0.2, 0) is 12.8 Å². The summed E-state index contributed by atoms with van der Waals surface area (Å²) in [5.74, 6) is 0.919. The molecule has 1 atom stereocenters. The number of carbonyl (C=O) groups is 1. The van der Waals surface area contributed by atoms with E-state index in [0.717, 1.165) is 48.5 Å². The standard InChI is InChI=1S/C18H23N3O2S.ClH/c1-23-16-7-3-2-5-13(16)11-14-6-4-10-21(14)18(22)15-12-24-17(20-15)8-9-19;/h2-3,5,7,12,14H,4,6,8-11,19H2,1H3;1H. The van der Waals surface area contributed by atoms with Crippen LogP contribution in [0.15, 0.2) is 29.6 Å². The first-order valence-corrected chi connectivity index (χ1v) is 9.18. The van der Waals surface area contributed by atoms with Crippen LogP contribution in [0.4, 0.5) is 0 Å². The number of carbonyl (C=O) groups excluding carboxylic acids is 1. The van der Waals surface area contributed by atoms with Gasteiger partial charge in [0.1, 0.15) is 11.4 Å². The average molecular weight is 382 g/mol. The second-order valence-electron chi connectivity index (χ2n) is 5.98. The first-order chi connectivity index (χ1) is 11.7. The lowest BCUT2D eigenvalue weighted by Crippen LogP contribution is -2.37. The van der Waals surface area contributed by atoms with Crippen molar-refractivity contribution in [2.75, 3.05) is 20.2 Å². The summed E-state index contributed by atoms with van der Waals surface area (Å²) in [5.41, 5.74) is 7.26. The van der Waals surface area contributed by atoms with Gasteiger partial charge in [0.25, 0.3) is 5.91 Å². The van der Waals surface area contributed by atoms with Crippen LogP contribution in [0.5, 0.6) is 5.75 Å². The molecule has 1 aliphatic heterocycles. The van der Waals surface area contributed by atoms with Gasteiger partial charge in [-0.3, -0.25) is 4.79 Å². The number of para-hydroxylation sites is 1. The van der Waals surface area contributed by atoms with Crippen LogP contribution in [0.25, 0.3) is 0 Å².